The van der Waals surface area contributed by atoms with Crippen molar-refractivity contribution in [1.29, 1.82) is 5.26 Å². The van der Waals surface area contributed by atoms with Gasteiger partial charge in [-0.2, -0.15) is 5.26 Å². The normalized spacial score (nSPS) is 19.3. The molecule has 0 bridgehead atoms. The number of anilines is 1. The summed E-state index contributed by atoms with van der Waals surface area (Å²) in [7, 11) is 0. The second kappa shape index (κ2) is 7.77. The summed E-state index contributed by atoms with van der Waals surface area (Å²) < 4.78 is 16.3. The predicted molar refractivity (Wildman–Crippen MR) is 116 cm³/mol. The lowest BCUT2D eigenvalue weighted by atomic mass is 9.75. The molecule has 1 atom stereocenters. The van der Waals surface area contributed by atoms with Crippen LogP contribution in [0.25, 0.3) is 0 Å². The Morgan fingerprint density at radius 1 is 1.10 bits per heavy atom. The maximum Gasteiger partial charge on any atom is 0.161 e. The van der Waals surface area contributed by atoms with Gasteiger partial charge in [-0.3, -0.25) is 9.69 Å². The van der Waals surface area contributed by atoms with Gasteiger partial charge in [-0.15, -0.1) is 0 Å². The van der Waals surface area contributed by atoms with Crippen LogP contribution >= 0.6 is 31.9 Å². The molecule has 4 nitrogen and oxygen atoms in total. The Morgan fingerprint density at radius 2 is 1.79 bits per heavy atom. The number of ketones is 1. The van der Waals surface area contributed by atoms with E-state index in [1.807, 2.05) is 24.3 Å². The van der Waals surface area contributed by atoms with E-state index < -0.39 is 11.7 Å². The minimum Gasteiger partial charge on any atom is -0.384 e. The van der Waals surface area contributed by atoms with Crippen LogP contribution in [0.3, 0.4) is 0 Å². The Bertz CT molecular complexity index is 1120. The monoisotopic (exact) mass is 515 g/mol. The number of nitrogens with zero attached hydrogens (tertiary/aromatic N) is 2. The molecule has 29 heavy (non-hydrogen) atoms. The number of nitriles is 1. The quantitative estimate of drug-likeness (QED) is 0.559. The Hall–Kier alpha value is -2.43. The summed E-state index contributed by atoms with van der Waals surface area (Å²) in [5.74, 6) is -0.894. The lowest BCUT2D eigenvalue weighted by Crippen LogP contribution is -2.39. The topological polar surface area (TPSA) is 70.1 Å². The Morgan fingerprint density at radius 3 is 2.45 bits per heavy atom. The van der Waals surface area contributed by atoms with Crippen molar-refractivity contribution in [1.82, 2.24) is 0 Å². The highest BCUT2D eigenvalue weighted by Gasteiger charge is 2.40. The maximum atomic E-state index is 14.8. The fourth-order valence-corrected chi connectivity index (χ4v) is 4.61. The fraction of sp³-hybridized carbons (Fsp3) is 0.182. The number of carbonyl (C=O) groups is 1. The molecular formula is C22H16Br2FN3O. The van der Waals surface area contributed by atoms with E-state index in [9.17, 15) is 14.4 Å². The second-order valence-electron chi connectivity index (χ2n) is 6.96. The molecular weight excluding hydrogens is 501 g/mol. The van der Waals surface area contributed by atoms with Gasteiger partial charge in [0.15, 0.2) is 5.78 Å². The van der Waals surface area contributed by atoms with Crippen LogP contribution in [-0.2, 0) is 4.79 Å². The summed E-state index contributed by atoms with van der Waals surface area (Å²) in [5.41, 5.74) is 8.94. The molecule has 1 aliphatic carbocycles. The van der Waals surface area contributed by atoms with E-state index in [0.717, 1.165) is 10.0 Å². The van der Waals surface area contributed by atoms with E-state index in [1.54, 1.807) is 17.0 Å². The summed E-state index contributed by atoms with van der Waals surface area (Å²) in [4.78, 5) is 14.5. The zero-order chi connectivity index (χ0) is 20.7. The van der Waals surface area contributed by atoms with Crippen molar-refractivity contribution in [2.75, 3.05) is 4.90 Å². The van der Waals surface area contributed by atoms with Gasteiger partial charge in [0, 0.05) is 26.6 Å². The molecule has 2 aromatic rings. The van der Waals surface area contributed by atoms with Crippen molar-refractivity contribution in [2.24, 2.45) is 5.73 Å². The third kappa shape index (κ3) is 3.41. The van der Waals surface area contributed by atoms with Crippen LogP contribution in [0.5, 0.6) is 0 Å². The highest BCUT2D eigenvalue weighted by Crippen LogP contribution is 2.46. The molecule has 0 radical (unpaired) electrons. The van der Waals surface area contributed by atoms with Gasteiger partial charge in [0.05, 0.1) is 23.2 Å². The summed E-state index contributed by atoms with van der Waals surface area (Å²) in [5, 5.41) is 9.94. The van der Waals surface area contributed by atoms with Gasteiger partial charge in [-0.1, -0.05) is 44.0 Å². The summed E-state index contributed by atoms with van der Waals surface area (Å²) in [6.45, 7) is 0. The van der Waals surface area contributed by atoms with Gasteiger partial charge in [-0.05, 0) is 48.7 Å². The van der Waals surface area contributed by atoms with Crippen molar-refractivity contribution in [3.05, 3.63) is 85.5 Å². The van der Waals surface area contributed by atoms with Crippen LogP contribution in [0.1, 0.15) is 30.7 Å². The standard InChI is InChI=1S/C22H16Br2FN3O/c23-13-6-4-12(5-7-13)20-15(11-26)22(27)28(17-9-8-14(24)10-16(17)25)18-2-1-3-19(29)21(18)20/h4-10,20H,1-3,27H2/t20-/m1/s1. The molecule has 2 N–H and O–H groups in total. The molecule has 1 heterocycles. The maximum absolute atomic E-state index is 14.8. The molecule has 146 valence electrons. The van der Waals surface area contributed by atoms with Crippen LogP contribution in [0.2, 0.25) is 0 Å². The van der Waals surface area contributed by atoms with Crippen molar-refractivity contribution in [3.8, 4) is 6.07 Å². The molecule has 2 aliphatic rings. The number of Topliss-reactive ketones (excluding diaryl/α,β-unsaturated/α-hetero) is 1. The average molecular weight is 517 g/mol. The summed E-state index contributed by atoms with van der Waals surface area (Å²) >= 11 is 6.68. The number of carbonyl (C=O) groups excluding carboxylic acids is 1. The van der Waals surface area contributed by atoms with E-state index in [1.165, 1.54) is 6.07 Å². The first-order valence-electron chi connectivity index (χ1n) is 9.09. The molecule has 0 fully saturated rings. The third-order valence-corrected chi connectivity index (χ3v) is 6.29. The number of nitrogens with two attached hydrogens (primary N) is 1. The molecule has 7 heteroatoms. The second-order valence-corrected chi connectivity index (χ2v) is 8.79. The fourth-order valence-electron chi connectivity index (χ4n) is 4.01. The number of benzene rings is 2. The van der Waals surface area contributed by atoms with Crippen LogP contribution in [0.15, 0.2) is 74.1 Å². The van der Waals surface area contributed by atoms with Crippen LogP contribution in [0.4, 0.5) is 10.1 Å². The van der Waals surface area contributed by atoms with Gasteiger partial charge in [0.2, 0.25) is 0 Å². The minimum atomic E-state index is -0.550. The van der Waals surface area contributed by atoms with Crippen LogP contribution < -0.4 is 10.6 Å². The van der Waals surface area contributed by atoms with E-state index in [2.05, 4.69) is 37.9 Å². The third-order valence-electron chi connectivity index (χ3n) is 5.27. The summed E-state index contributed by atoms with van der Waals surface area (Å²) in [6.07, 6.45) is 1.65. The van der Waals surface area contributed by atoms with Crippen molar-refractivity contribution < 1.29 is 9.18 Å². The molecule has 0 amide bonds. The van der Waals surface area contributed by atoms with Gasteiger partial charge < -0.3 is 5.73 Å². The first-order chi connectivity index (χ1) is 13.9. The molecule has 4 rings (SSSR count). The van der Waals surface area contributed by atoms with Gasteiger partial charge in [-0.25, -0.2) is 4.39 Å². The van der Waals surface area contributed by atoms with Crippen molar-refractivity contribution in [3.63, 3.8) is 0 Å². The minimum absolute atomic E-state index is 0.0260. The van der Waals surface area contributed by atoms with E-state index >= 15 is 0 Å². The Labute approximate surface area is 184 Å². The average Bonchev–Trinajstić information content (AvgIpc) is 2.69. The van der Waals surface area contributed by atoms with E-state index in [0.29, 0.717) is 35.0 Å². The smallest absolute Gasteiger partial charge is 0.161 e. The number of allylic oxidation sites excluding steroid dienone is 3. The van der Waals surface area contributed by atoms with Crippen molar-refractivity contribution in [2.45, 2.75) is 25.2 Å². The SMILES string of the molecule is N#CC1=C(N)N(c2ccc(Br)cc2F)C2=C(C(=O)CCC2)[C@@H]1c1ccc(Br)cc1. The molecule has 1 aliphatic heterocycles. The van der Waals surface area contributed by atoms with Gasteiger partial charge >= 0.3 is 0 Å². The number of rotatable bonds is 2. The van der Waals surface area contributed by atoms with Gasteiger partial charge in [0.25, 0.3) is 0 Å². The number of halogens is 3. The zero-order valence-corrected chi connectivity index (χ0v) is 18.4. The highest BCUT2D eigenvalue weighted by molar-refractivity contribution is 9.10. The van der Waals surface area contributed by atoms with Crippen LogP contribution in [0, 0.1) is 17.1 Å². The molecule has 0 aromatic heterocycles. The summed E-state index contributed by atoms with van der Waals surface area (Å²) in [6, 6.07) is 14.3. The molecule has 0 saturated heterocycles. The molecule has 0 saturated carbocycles. The first-order valence-corrected chi connectivity index (χ1v) is 10.7. The number of hydrogen-bond donors (Lipinski definition) is 1. The molecule has 2 aromatic carbocycles. The van der Waals surface area contributed by atoms with E-state index in [-0.39, 0.29) is 22.9 Å². The van der Waals surface area contributed by atoms with Gasteiger partial charge in [0.1, 0.15) is 11.6 Å². The zero-order valence-electron chi connectivity index (χ0n) is 15.3. The van der Waals surface area contributed by atoms with Crippen LogP contribution in [-0.4, -0.2) is 5.78 Å². The lowest BCUT2D eigenvalue weighted by Gasteiger charge is -2.39. The van der Waals surface area contributed by atoms with E-state index in [4.69, 9.17) is 5.73 Å². The number of hydrogen-bond acceptors (Lipinski definition) is 4. The first kappa shape index (κ1) is 19.9. The largest absolute Gasteiger partial charge is 0.384 e. The Kier molecular flexibility index (Phi) is 5.32. The predicted octanol–water partition coefficient (Wildman–Crippen LogP) is 5.66. The highest BCUT2D eigenvalue weighted by atomic mass is 79.9. The molecule has 0 spiro atoms. The van der Waals surface area contributed by atoms with Crippen molar-refractivity contribution >= 4 is 43.3 Å². The molecule has 0 unspecified atom stereocenters. The lowest BCUT2D eigenvalue weighted by molar-refractivity contribution is -0.116. The Balaban J connectivity index is 1.98.